The molecule has 1 saturated carbocycles. The maximum atomic E-state index is 10.3. The first-order valence-electron chi connectivity index (χ1n) is 4.73. The van der Waals surface area contributed by atoms with Gasteiger partial charge in [-0.3, -0.25) is 0 Å². The van der Waals surface area contributed by atoms with E-state index in [1.807, 2.05) is 0 Å². The number of ether oxygens (including phenoxy) is 1. The van der Waals surface area contributed by atoms with Gasteiger partial charge in [-0.25, -0.2) is 0 Å². The highest BCUT2D eigenvalue weighted by Crippen LogP contribution is 2.56. The predicted octanol–water partition coefficient (Wildman–Crippen LogP) is 0.267. The van der Waals surface area contributed by atoms with E-state index in [9.17, 15) is 5.11 Å². The molecule has 1 saturated heterocycles. The molecule has 0 amide bonds. The fourth-order valence-corrected chi connectivity index (χ4v) is 2.25. The van der Waals surface area contributed by atoms with Crippen LogP contribution in [0.5, 0.6) is 0 Å². The smallest absolute Gasteiger partial charge is 0.0759 e. The average Bonchev–Trinajstić information content (AvgIpc) is 2.86. The summed E-state index contributed by atoms with van der Waals surface area (Å²) in [6, 6.07) is 0. The largest absolute Gasteiger partial charge is 0.389 e. The van der Waals surface area contributed by atoms with E-state index >= 15 is 0 Å². The van der Waals surface area contributed by atoms with Crippen LogP contribution in [0.4, 0.5) is 0 Å². The van der Waals surface area contributed by atoms with Gasteiger partial charge in [-0.05, 0) is 12.8 Å². The minimum absolute atomic E-state index is 0.0524. The van der Waals surface area contributed by atoms with Gasteiger partial charge in [-0.15, -0.1) is 0 Å². The number of hydrogen-bond acceptors (Lipinski definition) is 3. The Kier molecular flexibility index (Phi) is 1.90. The highest BCUT2D eigenvalue weighted by molar-refractivity contribution is 5.09. The second-order valence-corrected chi connectivity index (χ2v) is 4.13. The minimum atomic E-state index is -0.514. The van der Waals surface area contributed by atoms with Crippen molar-refractivity contribution in [1.29, 1.82) is 0 Å². The Bertz CT molecular complexity index is 171. The zero-order valence-corrected chi connectivity index (χ0v) is 7.38. The molecule has 0 aromatic carbocycles. The first kappa shape index (κ1) is 8.48. The van der Waals surface area contributed by atoms with E-state index in [4.69, 9.17) is 10.5 Å². The molecule has 0 aromatic rings. The number of nitrogens with two attached hydrogens (primary N) is 1. The lowest BCUT2D eigenvalue weighted by Crippen LogP contribution is -2.47. The zero-order valence-electron chi connectivity index (χ0n) is 7.38. The van der Waals surface area contributed by atoms with Crippen LogP contribution in [0.1, 0.15) is 25.7 Å². The Morgan fingerprint density at radius 2 is 1.75 bits per heavy atom. The van der Waals surface area contributed by atoms with Crippen molar-refractivity contribution in [1.82, 2.24) is 0 Å². The summed E-state index contributed by atoms with van der Waals surface area (Å²) in [5, 5.41) is 10.3. The van der Waals surface area contributed by atoms with E-state index in [2.05, 4.69) is 0 Å². The molecule has 3 heteroatoms. The molecule has 0 aromatic heterocycles. The topological polar surface area (TPSA) is 55.5 Å². The van der Waals surface area contributed by atoms with E-state index in [0.29, 0.717) is 19.8 Å². The summed E-state index contributed by atoms with van der Waals surface area (Å²) in [6.45, 7) is 2.01. The molecule has 0 spiro atoms. The maximum absolute atomic E-state index is 10.3. The molecule has 0 unspecified atom stereocenters. The standard InChI is InChI=1S/C9H17NO2/c10-7-8(1-2-8)9(11)3-5-12-6-4-9/h11H,1-7,10H2. The van der Waals surface area contributed by atoms with Crippen LogP contribution in [-0.2, 0) is 4.74 Å². The third kappa shape index (κ3) is 1.08. The van der Waals surface area contributed by atoms with E-state index in [-0.39, 0.29) is 5.41 Å². The SMILES string of the molecule is NCC1(C2(O)CCOCC2)CC1. The van der Waals surface area contributed by atoms with Gasteiger partial charge in [0.05, 0.1) is 5.60 Å². The van der Waals surface area contributed by atoms with Gasteiger partial charge in [0, 0.05) is 38.0 Å². The van der Waals surface area contributed by atoms with Gasteiger partial charge in [0.15, 0.2) is 0 Å². The van der Waals surface area contributed by atoms with Crippen LogP contribution in [0.15, 0.2) is 0 Å². The molecule has 70 valence electrons. The lowest BCUT2D eigenvalue weighted by Gasteiger charge is -2.39. The van der Waals surface area contributed by atoms with Gasteiger partial charge in [-0.1, -0.05) is 0 Å². The third-order valence-corrected chi connectivity index (χ3v) is 3.55. The van der Waals surface area contributed by atoms with Crippen LogP contribution >= 0.6 is 0 Å². The lowest BCUT2D eigenvalue weighted by atomic mass is 9.78. The molecule has 3 nitrogen and oxygen atoms in total. The molecule has 2 fully saturated rings. The van der Waals surface area contributed by atoms with Crippen molar-refractivity contribution in [2.45, 2.75) is 31.3 Å². The van der Waals surface area contributed by atoms with Crippen molar-refractivity contribution in [3.63, 3.8) is 0 Å². The van der Waals surface area contributed by atoms with Crippen molar-refractivity contribution in [2.75, 3.05) is 19.8 Å². The minimum Gasteiger partial charge on any atom is -0.389 e. The average molecular weight is 171 g/mol. The van der Waals surface area contributed by atoms with E-state index in [1.54, 1.807) is 0 Å². The summed E-state index contributed by atoms with van der Waals surface area (Å²) in [7, 11) is 0. The molecule has 1 aliphatic carbocycles. The molecule has 2 aliphatic rings. The highest BCUT2D eigenvalue weighted by Gasteiger charge is 2.57. The van der Waals surface area contributed by atoms with Crippen molar-refractivity contribution in [3.05, 3.63) is 0 Å². The Morgan fingerprint density at radius 3 is 2.17 bits per heavy atom. The van der Waals surface area contributed by atoms with E-state index < -0.39 is 5.60 Å². The highest BCUT2D eigenvalue weighted by atomic mass is 16.5. The number of aliphatic hydroxyl groups is 1. The molecular weight excluding hydrogens is 154 g/mol. The van der Waals surface area contributed by atoms with Crippen molar-refractivity contribution >= 4 is 0 Å². The second kappa shape index (κ2) is 2.69. The second-order valence-electron chi connectivity index (χ2n) is 4.13. The quantitative estimate of drug-likeness (QED) is 0.627. The fraction of sp³-hybridized carbons (Fsp3) is 1.00. The molecule has 2 rings (SSSR count). The van der Waals surface area contributed by atoms with Crippen LogP contribution in [0.2, 0.25) is 0 Å². The van der Waals surface area contributed by atoms with Crippen molar-refractivity contribution in [3.8, 4) is 0 Å². The van der Waals surface area contributed by atoms with Crippen molar-refractivity contribution in [2.24, 2.45) is 11.1 Å². The van der Waals surface area contributed by atoms with Gasteiger partial charge < -0.3 is 15.6 Å². The first-order chi connectivity index (χ1) is 5.72. The van der Waals surface area contributed by atoms with Gasteiger partial charge in [-0.2, -0.15) is 0 Å². The third-order valence-electron chi connectivity index (χ3n) is 3.55. The van der Waals surface area contributed by atoms with Crippen LogP contribution in [-0.4, -0.2) is 30.5 Å². The van der Waals surface area contributed by atoms with E-state index in [0.717, 1.165) is 25.7 Å². The summed E-state index contributed by atoms with van der Waals surface area (Å²) in [5.74, 6) is 0. The summed E-state index contributed by atoms with van der Waals surface area (Å²) >= 11 is 0. The molecule has 3 N–H and O–H groups in total. The van der Waals surface area contributed by atoms with Gasteiger partial charge in [0.2, 0.25) is 0 Å². The van der Waals surface area contributed by atoms with Crippen LogP contribution < -0.4 is 5.73 Å². The molecule has 1 heterocycles. The van der Waals surface area contributed by atoms with E-state index in [1.165, 1.54) is 0 Å². The summed E-state index contributed by atoms with van der Waals surface area (Å²) in [5.41, 5.74) is 5.22. The molecule has 0 radical (unpaired) electrons. The van der Waals surface area contributed by atoms with Gasteiger partial charge >= 0.3 is 0 Å². The Balaban J connectivity index is 2.08. The molecule has 12 heavy (non-hydrogen) atoms. The molecule has 0 bridgehead atoms. The van der Waals surface area contributed by atoms with Crippen LogP contribution in [0.3, 0.4) is 0 Å². The summed E-state index contributed by atoms with van der Waals surface area (Å²) < 4.78 is 5.23. The first-order valence-corrected chi connectivity index (χ1v) is 4.73. The zero-order chi connectivity index (χ0) is 8.66. The van der Waals surface area contributed by atoms with Gasteiger partial charge in [0.1, 0.15) is 0 Å². The lowest BCUT2D eigenvalue weighted by molar-refractivity contribution is -0.107. The number of hydrogen-bond donors (Lipinski definition) is 2. The van der Waals surface area contributed by atoms with Crippen LogP contribution in [0.25, 0.3) is 0 Å². The van der Waals surface area contributed by atoms with Gasteiger partial charge in [0.25, 0.3) is 0 Å². The van der Waals surface area contributed by atoms with Crippen LogP contribution in [0, 0.1) is 5.41 Å². The van der Waals surface area contributed by atoms with Crippen molar-refractivity contribution < 1.29 is 9.84 Å². The normalized spacial score (nSPS) is 31.5. The predicted molar refractivity (Wildman–Crippen MR) is 45.7 cm³/mol. The Labute approximate surface area is 72.9 Å². The number of rotatable bonds is 2. The molecule has 0 atom stereocenters. The summed E-state index contributed by atoms with van der Waals surface area (Å²) in [4.78, 5) is 0. The molecule has 1 aliphatic heterocycles. The molecular formula is C9H17NO2. The fourth-order valence-electron chi connectivity index (χ4n) is 2.25. The Morgan fingerprint density at radius 1 is 1.17 bits per heavy atom. The maximum Gasteiger partial charge on any atom is 0.0759 e. The Hall–Kier alpha value is -0.120. The monoisotopic (exact) mass is 171 g/mol. The summed E-state index contributed by atoms with van der Waals surface area (Å²) in [6.07, 6.45) is 3.73.